The molecule has 2 fully saturated rings. The molecule has 35 heavy (non-hydrogen) atoms. The van der Waals surface area contributed by atoms with Gasteiger partial charge in [-0.1, -0.05) is 29.5 Å². The van der Waals surface area contributed by atoms with Crippen molar-refractivity contribution >= 4 is 33.4 Å². The maximum Gasteiger partial charge on any atom is 0.323 e. The molecule has 0 unspecified atom stereocenters. The maximum absolute atomic E-state index is 12.9. The number of carbonyl (C=O) groups excluding carboxylic acids is 1. The Labute approximate surface area is 206 Å². The van der Waals surface area contributed by atoms with Crippen molar-refractivity contribution in [2.24, 2.45) is 5.41 Å². The van der Waals surface area contributed by atoms with Gasteiger partial charge in [0.05, 0.1) is 27.7 Å². The zero-order valence-corrected chi connectivity index (χ0v) is 20.3. The summed E-state index contributed by atoms with van der Waals surface area (Å²) in [5.41, 5.74) is 5.14. The van der Waals surface area contributed by atoms with Crippen LogP contribution in [0.5, 0.6) is 0 Å². The number of hydrogen-bond acceptors (Lipinski definition) is 7. The Morgan fingerprint density at radius 1 is 1.11 bits per heavy atom. The Bertz CT molecular complexity index is 1510. The van der Waals surface area contributed by atoms with E-state index in [1.807, 2.05) is 42.2 Å². The maximum atomic E-state index is 12.9. The topological polar surface area (TPSA) is 98.0 Å². The van der Waals surface area contributed by atoms with Crippen LogP contribution in [0.2, 0.25) is 0 Å². The van der Waals surface area contributed by atoms with Gasteiger partial charge in [-0.05, 0) is 43.8 Å². The van der Waals surface area contributed by atoms with Gasteiger partial charge in [0.15, 0.2) is 5.13 Å². The number of likely N-dealkylation sites (tertiary alicyclic amines) is 2. The summed E-state index contributed by atoms with van der Waals surface area (Å²) in [5, 5.41) is 13.9. The summed E-state index contributed by atoms with van der Waals surface area (Å²) in [6.07, 6.45) is 1.57. The number of aromatic nitrogens is 3. The fourth-order valence-corrected chi connectivity index (χ4v) is 6.18. The Hall–Kier alpha value is -3.87. The molecule has 0 aliphatic carbocycles. The Balaban J connectivity index is 1.35. The number of nitrogens with one attached hydrogen (secondary N) is 1. The van der Waals surface area contributed by atoms with Crippen molar-refractivity contribution in [3.05, 3.63) is 60.0 Å². The van der Waals surface area contributed by atoms with Gasteiger partial charge in [0.1, 0.15) is 6.33 Å². The minimum Gasteiger partial charge on any atom is -0.323 e. The van der Waals surface area contributed by atoms with E-state index in [-0.39, 0.29) is 11.4 Å². The number of anilines is 1. The highest BCUT2D eigenvalue weighted by Gasteiger charge is 2.52. The third kappa shape index (κ3) is 3.81. The Kier molecular flexibility index (Phi) is 5.02. The van der Waals surface area contributed by atoms with E-state index in [9.17, 15) is 10.1 Å². The number of hydrogen-bond donors (Lipinski definition) is 1. The molecule has 0 saturated carbocycles. The van der Waals surface area contributed by atoms with Crippen LogP contribution in [-0.4, -0.2) is 64.0 Å². The number of fused-ring (bicyclic) bond motifs is 1. The summed E-state index contributed by atoms with van der Waals surface area (Å²) >= 11 is 1.43. The predicted molar refractivity (Wildman–Crippen MR) is 136 cm³/mol. The van der Waals surface area contributed by atoms with Gasteiger partial charge < -0.3 is 9.80 Å². The predicted octanol–water partition coefficient (Wildman–Crippen LogP) is 4.38. The van der Waals surface area contributed by atoms with Gasteiger partial charge in [0.2, 0.25) is 0 Å². The first kappa shape index (κ1) is 21.6. The Morgan fingerprint density at radius 3 is 2.71 bits per heavy atom. The van der Waals surface area contributed by atoms with Crippen LogP contribution < -0.4 is 5.32 Å². The van der Waals surface area contributed by atoms with Crippen molar-refractivity contribution in [3.63, 3.8) is 0 Å². The third-order valence-corrected chi connectivity index (χ3v) is 7.77. The van der Waals surface area contributed by atoms with Gasteiger partial charge in [-0.25, -0.2) is 19.7 Å². The van der Waals surface area contributed by atoms with E-state index in [4.69, 9.17) is 4.98 Å². The Morgan fingerprint density at radius 2 is 1.94 bits per heavy atom. The number of urea groups is 1. The zero-order valence-electron chi connectivity index (χ0n) is 19.4. The lowest BCUT2D eigenvalue weighted by Crippen LogP contribution is -2.72. The molecule has 2 aromatic carbocycles. The molecule has 2 saturated heterocycles. The van der Waals surface area contributed by atoms with E-state index in [0.29, 0.717) is 10.7 Å². The summed E-state index contributed by atoms with van der Waals surface area (Å²) < 4.78 is 0. The lowest BCUT2D eigenvalue weighted by molar-refractivity contribution is -0.0806. The molecule has 2 amide bonds. The van der Waals surface area contributed by atoms with Crippen molar-refractivity contribution in [1.29, 1.82) is 5.26 Å². The minimum atomic E-state index is -0.120. The van der Waals surface area contributed by atoms with Crippen LogP contribution in [-0.2, 0) is 0 Å². The quantitative estimate of drug-likeness (QED) is 0.466. The number of amides is 2. The molecule has 2 aromatic heterocycles. The summed E-state index contributed by atoms with van der Waals surface area (Å²) in [4.78, 5) is 31.5. The van der Waals surface area contributed by atoms with E-state index in [0.717, 1.165) is 64.5 Å². The molecule has 6 rings (SSSR count). The normalized spacial score (nSPS) is 16.5. The molecule has 1 spiro atoms. The highest BCUT2D eigenvalue weighted by molar-refractivity contribution is 7.19. The second-order valence-electron chi connectivity index (χ2n) is 9.54. The largest absolute Gasteiger partial charge is 0.323 e. The van der Waals surface area contributed by atoms with Crippen LogP contribution in [0.1, 0.15) is 11.3 Å². The molecule has 1 N–H and O–H groups in total. The SMILES string of the molecule is Cc1ncnc2ccc(-c3sc(NC(=O)N4CC5(CN(C)C5)C4)nc3-c3cccc(C#N)c3)cc12. The number of thiazole rings is 1. The number of benzene rings is 2. The second-order valence-corrected chi connectivity index (χ2v) is 10.5. The molecule has 4 aromatic rings. The molecular weight excluding hydrogens is 458 g/mol. The summed E-state index contributed by atoms with van der Waals surface area (Å²) in [6, 6.07) is 15.5. The first-order valence-electron chi connectivity index (χ1n) is 11.4. The molecular formula is C26H23N7OS. The molecule has 174 valence electrons. The van der Waals surface area contributed by atoms with Gasteiger partial charge in [0, 0.05) is 48.2 Å². The molecule has 2 aliphatic rings. The lowest BCUT2D eigenvalue weighted by atomic mass is 9.73. The van der Waals surface area contributed by atoms with Gasteiger partial charge in [-0.15, -0.1) is 0 Å². The van der Waals surface area contributed by atoms with E-state index < -0.39 is 0 Å². The standard InChI is InChI=1S/C26H23N7OS/c1-16-20-9-19(6-7-21(20)29-15-28-16)23-22(18-5-3-4-17(8-18)10-27)30-24(35-23)31-25(34)33-13-26(14-33)11-32(2)12-26/h3-9,15H,11-14H2,1-2H3,(H,30,31,34). The van der Waals surface area contributed by atoms with E-state index in [1.165, 1.54) is 11.3 Å². The molecule has 0 atom stereocenters. The fourth-order valence-electron chi connectivity index (χ4n) is 5.20. The number of aryl methyl sites for hydroxylation is 1. The lowest BCUT2D eigenvalue weighted by Gasteiger charge is -2.59. The highest BCUT2D eigenvalue weighted by atomic mass is 32.1. The van der Waals surface area contributed by atoms with E-state index >= 15 is 0 Å². The number of nitrogens with zero attached hydrogens (tertiary/aromatic N) is 6. The molecule has 2 aliphatic heterocycles. The zero-order chi connectivity index (χ0) is 24.2. The van der Waals surface area contributed by atoms with E-state index in [2.05, 4.69) is 39.4 Å². The van der Waals surface area contributed by atoms with Gasteiger partial charge in [0.25, 0.3) is 0 Å². The third-order valence-electron chi connectivity index (χ3n) is 6.75. The van der Waals surface area contributed by atoms with Crippen molar-refractivity contribution in [3.8, 4) is 27.8 Å². The summed E-state index contributed by atoms with van der Waals surface area (Å²) in [7, 11) is 2.11. The van der Waals surface area contributed by atoms with Crippen molar-refractivity contribution < 1.29 is 4.79 Å². The van der Waals surface area contributed by atoms with Crippen LogP contribution in [0.3, 0.4) is 0 Å². The fraction of sp³-hybridized carbons (Fsp3) is 0.269. The minimum absolute atomic E-state index is 0.120. The van der Waals surface area contributed by atoms with Crippen LogP contribution in [0.25, 0.3) is 32.6 Å². The smallest absolute Gasteiger partial charge is 0.323 e. The van der Waals surface area contributed by atoms with E-state index in [1.54, 1.807) is 12.4 Å². The average Bonchev–Trinajstić information content (AvgIpc) is 3.24. The first-order valence-corrected chi connectivity index (χ1v) is 12.2. The van der Waals surface area contributed by atoms with Crippen molar-refractivity contribution in [2.75, 3.05) is 38.5 Å². The monoisotopic (exact) mass is 481 g/mol. The molecule has 9 heteroatoms. The molecule has 8 nitrogen and oxygen atoms in total. The van der Waals surface area contributed by atoms with Crippen molar-refractivity contribution in [1.82, 2.24) is 24.8 Å². The highest BCUT2D eigenvalue weighted by Crippen LogP contribution is 2.42. The number of nitriles is 1. The molecule has 0 bridgehead atoms. The number of rotatable bonds is 3. The van der Waals surface area contributed by atoms with Crippen LogP contribution in [0.15, 0.2) is 48.8 Å². The van der Waals surface area contributed by atoms with Crippen LogP contribution in [0, 0.1) is 23.7 Å². The van der Waals surface area contributed by atoms with Crippen LogP contribution >= 0.6 is 11.3 Å². The van der Waals surface area contributed by atoms with Gasteiger partial charge in [-0.3, -0.25) is 5.32 Å². The molecule has 0 radical (unpaired) electrons. The summed E-state index contributed by atoms with van der Waals surface area (Å²) in [6.45, 7) is 5.61. The van der Waals surface area contributed by atoms with Gasteiger partial charge >= 0.3 is 6.03 Å². The van der Waals surface area contributed by atoms with Gasteiger partial charge in [-0.2, -0.15) is 5.26 Å². The first-order chi connectivity index (χ1) is 16.9. The molecule has 4 heterocycles. The number of carbonyl (C=O) groups is 1. The summed E-state index contributed by atoms with van der Waals surface area (Å²) in [5.74, 6) is 0. The van der Waals surface area contributed by atoms with Crippen molar-refractivity contribution in [2.45, 2.75) is 6.92 Å². The van der Waals surface area contributed by atoms with Crippen LogP contribution in [0.4, 0.5) is 9.93 Å². The average molecular weight is 482 g/mol. The second kappa shape index (κ2) is 8.12.